The maximum atomic E-state index is 11.9. The van der Waals surface area contributed by atoms with Crippen LogP contribution >= 0.6 is 0 Å². The van der Waals surface area contributed by atoms with E-state index in [1.54, 1.807) is 0 Å². The fourth-order valence-corrected chi connectivity index (χ4v) is 3.29. The summed E-state index contributed by atoms with van der Waals surface area (Å²) >= 11 is 0. The van der Waals surface area contributed by atoms with Crippen LogP contribution in [0.5, 0.6) is 0 Å². The molecule has 0 saturated heterocycles. The number of carbonyl (C=O) groups is 1. The van der Waals surface area contributed by atoms with Gasteiger partial charge in [-0.1, -0.05) is 42.5 Å². The van der Waals surface area contributed by atoms with Gasteiger partial charge >= 0.3 is 6.09 Å². The van der Waals surface area contributed by atoms with Gasteiger partial charge in [0.05, 0.1) is 0 Å². The summed E-state index contributed by atoms with van der Waals surface area (Å²) in [5.41, 5.74) is 0.967. The molecule has 0 unspecified atom stereocenters. The first-order valence-electron chi connectivity index (χ1n) is 7.04. The Hall–Kier alpha value is -1.81. The van der Waals surface area contributed by atoms with Crippen molar-refractivity contribution in [2.24, 2.45) is 17.8 Å². The number of aliphatic hydroxyl groups is 1. The molecule has 4 heteroatoms. The van der Waals surface area contributed by atoms with Gasteiger partial charge in [-0.25, -0.2) is 4.79 Å². The molecule has 0 aliphatic heterocycles. The zero-order valence-electron chi connectivity index (χ0n) is 11.2. The van der Waals surface area contributed by atoms with E-state index in [0.29, 0.717) is 11.8 Å². The number of benzene rings is 1. The molecule has 0 aromatic heterocycles. The predicted octanol–water partition coefficient (Wildman–Crippen LogP) is 2.10. The van der Waals surface area contributed by atoms with E-state index in [1.165, 1.54) is 0 Å². The van der Waals surface area contributed by atoms with E-state index in [4.69, 9.17) is 4.74 Å². The second kappa shape index (κ2) is 5.67. The number of aliphatic hydroxyl groups excluding tert-OH is 1. The molecule has 0 heterocycles. The van der Waals surface area contributed by atoms with Crippen LogP contribution < -0.4 is 5.32 Å². The van der Waals surface area contributed by atoms with Gasteiger partial charge in [0, 0.05) is 18.6 Å². The highest BCUT2D eigenvalue weighted by Crippen LogP contribution is 2.43. The van der Waals surface area contributed by atoms with E-state index < -0.39 is 6.09 Å². The first-order valence-corrected chi connectivity index (χ1v) is 7.04. The number of nitrogens with one attached hydrogen (secondary N) is 1. The van der Waals surface area contributed by atoms with Crippen molar-refractivity contribution in [1.29, 1.82) is 0 Å². The second-order valence-corrected chi connectivity index (χ2v) is 5.53. The van der Waals surface area contributed by atoms with Crippen molar-refractivity contribution in [3.05, 3.63) is 48.0 Å². The summed E-state index contributed by atoms with van der Waals surface area (Å²) in [6, 6.07) is 9.60. The Kier molecular flexibility index (Phi) is 3.74. The van der Waals surface area contributed by atoms with Gasteiger partial charge < -0.3 is 15.2 Å². The Morgan fingerprint density at radius 3 is 2.75 bits per heavy atom. The molecule has 4 atom stereocenters. The molecule has 2 bridgehead atoms. The molecule has 3 rings (SSSR count). The van der Waals surface area contributed by atoms with Crippen LogP contribution in [0.25, 0.3) is 0 Å². The Balaban J connectivity index is 1.53. The van der Waals surface area contributed by atoms with Crippen LogP contribution in [0.15, 0.2) is 42.5 Å². The third-order valence-corrected chi connectivity index (χ3v) is 4.33. The molecule has 1 amide bonds. The number of amides is 1. The Morgan fingerprint density at radius 2 is 2.00 bits per heavy atom. The molecule has 1 aromatic carbocycles. The lowest BCUT2D eigenvalue weighted by atomic mass is 9.90. The molecule has 1 fully saturated rings. The van der Waals surface area contributed by atoms with Gasteiger partial charge in [-0.2, -0.15) is 0 Å². The van der Waals surface area contributed by atoms with Gasteiger partial charge in [-0.05, 0) is 23.8 Å². The van der Waals surface area contributed by atoms with Crippen LogP contribution in [0.4, 0.5) is 4.79 Å². The van der Waals surface area contributed by atoms with E-state index in [-0.39, 0.29) is 25.2 Å². The van der Waals surface area contributed by atoms with Crippen LogP contribution in [-0.4, -0.2) is 23.8 Å². The number of fused-ring (bicyclic) bond motifs is 2. The van der Waals surface area contributed by atoms with Gasteiger partial charge in [0.2, 0.25) is 0 Å². The third-order valence-electron chi connectivity index (χ3n) is 4.33. The minimum Gasteiger partial charge on any atom is -0.445 e. The largest absolute Gasteiger partial charge is 0.445 e. The molecule has 20 heavy (non-hydrogen) atoms. The number of allylic oxidation sites excluding steroid dienone is 1. The minimum absolute atomic E-state index is 0.00160. The molecule has 2 aliphatic rings. The standard InChI is InChI=1S/C16H19NO3/c18-9-14-12-6-7-13(8-12)15(14)17-16(19)20-10-11-4-2-1-3-5-11/h1-7,12-15,18H,8-10H2,(H,17,19)/t12-,13-,14+,15-/m0/s1. The topological polar surface area (TPSA) is 58.6 Å². The number of carbonyl (C=O) groups excluding carboxylic acids is 1. The molecule has 4 nitrogen and oxygen atoms in total. The molecule has 2 aliphatic carbocycles. The second-order valence-electron chi connectivity index (χ2n) is 5.53. The van der Waals surface area contributed by atoms with Gasteiger partial charge in [0.15, 0.2) is 0 Å². The Morgan fingerprint density at radius 1 is 1.25 bits per heavy atom. The zero-order chi connectivity index (χ0) is 13.9. The fourth-order valence-electron chi connectivity index (χ4n) is 3.29. The lowest BCUT2D eigenvalue weighted by Gasteiger charge is -2.26. The molecular weight excluding hydrogens is 254 g/mol. The average Bonchev–Trinajstić information content (AvgIpc) is 3.07. The highest BCUT2D eigenvalue weighted by molar-refractivity contribution is 5.68. The van der Waals surface area contributed by atoms with Crippen LogP contribution in [-0.2, 0) is 11.3 Å². The Bertz CT molecular complexity index is 500. The van der Waals surface area contributed by atoms with Crippen molar-refractivity contribution < 1.29 is 14.6 Å². The maximum Gasteiger partial charge on any atom is 0.407 e. The van der Waals surface area contributed by atoms with Crippen molar-refractivity contribution in [2.75, 3.05) is 6.61 Å². The van der Waals surface area contributed by atoms with Gasteiger partial charge in [-0.3, -0.25) is 0 Å². The highest BCUT2D eigenvalue weighted by atomic mass is 16.5. The number of hydrogen-bond donors (Lipinski definition) is 2. The molecule has 0 radical (unpaired) electrons. The van der Waals surface area contributed by atoms with E-state index in [1.807, 2.05) is 30.3 Å². The first-order chi connectivity index (χ1) is 9.78. The van der Waals surface area contributed by atoms with Crippen LogP contribution in [0.1, 0.15) is 12.0 Å². The van der Waals surface area contributed by atoms with Crippen molar-refractivity contribution in [1.82, 2.24) is 5.32 Å². The first kappa shape index (κ1) is 13.2. The van der Waals surface area contributed by atoms with E-state index in [9.17, 15) is 9.90 Å². The number of ether oxygens (including phenoxy) is 1. The predicted molar refractivity (Wildman–Crippen MR) is 74.9 cm³/mol. The van der Waals surface area contributed by atoms with Crippen molar-refractivity contribution in [2.45, 2.75) is 19.1 Å². The monoisotopic (exact) mass is 273 g/mol. The lowest BCUT2D eigenvalue weighted by molar-refractivity contribution is 0.122. The molecule has 0 spiro atoms. The van der Waals surface area contributed by atoms with E-state index in [0.717, 1.165) is 12.0 Å². The number of hydrogen-bond acceptors (Lipinski definition) is 3. The molecule has 1 saturated carbocycles. The molecule has 1 aromatic rings. The van der Waals surface area contributed by atoms with Gasteiger partial charge in [0.1, 0.15) is 6.61 Å². The quantitative estimate of drug-likeness (QED) is 0.826. The average molecular weight is 273 g/mol. The summed E-state index contributed by atoms with van der Waals surface area (Å²) in [5, 5.41) is 12.4. The van der Waals surface area contributed by atoms with Crippen LogP contribution in [0.3, 0.4) is 0 Å². The maximum absolute atomic E-state index is 11.9. The summed E-state index contributed by atoms with van der Waals surface area (Å²) in [7, 11) is 0. The minimum atomic E-state index is -0.404. The van der Waals surface area contributed by atoms with Gasteiger partial charge in [-0.15, -0.1) is 0 Å². The third kappa shape index (κ3) is 2.56. The summed E-state index contributed by atoms with van der Waals surface area (Å²) in [5.74, 6) is 0.847. The van der Waals surface area contributed by atoms with Crippen LogP contribution in [0, 0.1) is 17.8 Å². The van der Waals surface area contributed by atoms with E-state index >= 15 is 0 Å². The van der Waals surface area contributed by atoms with E-state index in [2.05, 4.69) is 17.5 Å². The number of alkyl carbamates (subject to hydrolysis) is 1. The summed E-state index contributed by atoms with van der Waals surface area (Å²) in [4.78, 5) is 11.9. The lowest BCUT2D eigenvalue weighted by Crippen LogP contribution is -2.44. The SMILES string of the molecule is O=C(N[C@@H]1[C@H](CO)[C@H]2C=C[C@H]1C2)OCc1ccccc1. The number of rotatable bonds is 4. The molecular formula is C16H19NO3. The zero-order valence-corrected chi connectivity index (χ0v) is 11.2. The smallest absolute Gasteiger partial charge is 0.407 e. The summed E-state index contributed by atoms with van der Waals surface area (Å²) in [6.45, 7) is 0.377. The van der Waals surface area contributed by atoms with Gasteiger partial charge in [0.25, 0.3) is 0 Å². The summed E-state index contributed by atoms with van der Waals surface area (Å²) < 4.78 is 5.23. The normalized spacial score (nSPS) is 30.4. The molecule has 106 valence electrons. The Labute approximate surface area is 118 Å². The van der Waals surface area contributed by atoms with Crippen molar-refractivity contribution in [3.8, 4) is 0 Å². The van der Waals surface area contributed by atoms with Crippen molar-refractivity contribution >= 4 is 6.09 Å². The highest BCUT2D eigenvalue weighted by Gasteiger charge is 2.44. The summed E-state index contributed by atoms with van der Waals surface area (Å²) in [6.07, 6.45) is 4.91. The fraction of sp³-hybridized carbons (Fsp3) is 0.438. The van der Waals surface area contributed by atoms with Crippen molar-refractivity contribution in [3.63, 3.8) is 0 Å². The molecule has 2 N–H and O–H groups in total. The van der Waals surface area contributed by atoms with Crippen LogP contribution in [0.2, 0.25) is 0 Å².